The molecule has 0 amide bonds. The fourth-order valence-electron chi connectivity index (χ4n) is 6.56. The molecule has 0 rings (SSSR count). The molecule has 2 unspecified atom stereocenters. The number of nitrogens with zero attached hydrogens (tertiary/aromatic N) is 1. The van der Waals surface area contributed by atoms with Crippen LogP contribution in [-0.4, -0.2) is 80.6 Å². The van der Waals surface area contributed by atoms with Crippen LogP contribution in [0.5, 0.6) is 0 Å². The molecule has 1 N–H and O–H groups in total. The molecule has 0 heterocycles. The molecule has 0 aliphatic carbocycles. The van der Waals surface area contributed by atoms with Crippen LogP contribution in [0.2, 0.25) is 0 Å². The summed E-state index contributed by atoms with van der Waals surface area (Å²) in [6, 6.07) is -0.619. The number of carboxylic acid groups (broad SMARTS) is 1. The summed E-state index contributed by atoms with van der Waals surface area (Å²) in [6.45, 7) is 4.67. The summed E-state index contributed by atoms with van der Waals surface area (Å²) in [5.41, 5.74) is 0. The molecule has 0 aromatic carbocycles. The Morgan fingerprint density at radius 3 is 1.39 bits per heavy atom. The summed E-state index contributed by atoms with van der Waals surface area (Å²) in [4.78, 5) is 37.0. The van der Waals surface area contributed by atoms with Crippen molar-refractivity contribution in [3.8, 4) is 0 Å². The van der Waals surface area contributed by atoms with Crippen LogP contribution in [0.25, 0.3) is 0 Å². The van der Waals surface area contributed by atoms with Crippen molar-refractivity contribution in [1.82, 2.24) is 0 Å². The van der Waals surface area contributed by atoms with Crippen LogP contribution in [0.4, 0.5) is 0 Å². The molecule has 57 heavy (non-hydrogen) atoms. The Kier molecular flexibility index (Phi) is 38.2. The number of quaternary nitrogens is 1. The normalized spacial score (nSPS) is 13.4. The van der Waals surface area contributed by atoms with E-state index in [9.17, 15) is 19.5 Å². The van der Waals surface area contributed by atoms with Crippen LogP contribution in [0.3, 0.4) is 0 Å². The zero-order chi connectivity index (χ0) is 42.1. The first-order valence-electron chi connectivity index (χ1n) is 23.2. The molecule has 0 aliphatic rings. The number of unbranched alkanes of at least 4 members (excludes halogenated alkanes) is 19. The minimum absolute atomic E-state index is 0.0528. The first kappa shape index (κ1) is 54.3. The molecule has 8 heteroatoms. The summed E-state index contributed by atoms with van der Waals surface area (Å²) in [5, 5.41) is 9.63. The smallest absolute Gasteiger partial charge is 0.362 e. The molecule has 0 saturated carbocycles. The maximum Gasteiger partial charge on any atom is 0.362 e. The maximum atomic E-state index is 12.7. The third-order valence-electron chi connectivity index (χ3n) is 10.2. The van der Waals surface area contributed by atoms with E-state index >= 15 is 0 Å². The number of esters is 2. The molecule has 2 atom stereocenters. The molecular formula is C49H88NO7+. The topological polar surface area (TPSA) is 99.1 Å². The van der Waals surface area contributed by atoms with Gasteiger partial charge in [-0.3, -0.25) is 9.59 Å². The highest BCUT2D eigenvalue weighted by molar-refractivity contribution is 5.72. The van der Waals surface area contributed by atoms with Gasteiger partial charge >= 0.3 is 17.9 Å². The van der Waals surface area contributed by atoms with Crippen molar-refractivity contribution in [2.45, 2.75) is 206 Å². The molecule has 0 aromatic heterocycles. The Bertz CT molecular complexity index is 1070. The van der Waals surface area contributed by atoms with Crippen molar-refractivity contribution < 1.29 is 38.2 Å². The van der Waals surface area contributed by atoms with Crippen molar-refractivity contribution >= 4 is 17.9 Å². The zero-order valence-corrected chi connectivity index (χ0v) is 37.5. The van der Waals surface area contributed by atoms with Crippen LogP contribution in [0.1, 0.15) is 194 Å². The number of ether oxygens (including phenoxy) is 3. The van der Waals surface area contributed by atoms with E-state index < -0.39 is 18.1 Å². The van der Waals surface area contributed by atoms with Gasteiger partial charge in [0.2, 0.25) is 0 Å². The molecule has 0 aliphatic heterocycles. The number of hydrogen-bond acceptors (Lipinski definition) is 6. The minimum atomic E-state index is -0.879. The van der Waals surface area contributed by atoms with Gasteiger partial charge in [-0.05, 0) is 77.0 Å². The van der Waals surface area contributed by atoms with Gasteiger partial charge in [-0.1, -0.05) is 146 Å². The van der Waals surface area contributed by atoms with Crippen LogP contribution < -0.4 is 0 Å². The van der Waals surface area contributed by atoms with Crippen molar-refractivity contribution in [3.63, 3.8) is 0 Å². The molecule has 0 radical (unpaired) electrons. The van der Waals surface area contributed by atoms with Gasteiger partial charge in [-0.25, -0.2) is 4.79 Å². The molecular weight excluding hydrogens is 715 g/mol. The average Bonchev–Trinajstić information content (AvgIpc) is 3.17. The Balaban J connectivity index is 4.35. The lowest BCUT2D eigenvalue weighted by Crippen LogP contribution is -2.50. The van der Waals surface area contributed by atoms with Gasteiger partial charge in [0, 0.05) is 19.3 Å². The van der Waals surface area contributed by atoms with Crippen LogP contribution in [0.15, 0.2) is 48.6 Å². The highest BCUT2D eigenvalue weighted by Crippen LogP contribution is 2.14. The predicted molar refractivity (Wildman–Crippen MR) is 238 cm³/mol. The van der Waals surface area contributed by atoms with E-state index in [4.69, 9.17) is 14.2 Å². The van der Waals surface area contributed by atoms with E-state index in [0.717, 1.165) is 77.0 Å². The Morgan fingerprint density at radius 2 is 0.930 bits per heavy atom. The van der Waals surface area contributed by atoms with Crippen molar-refractivity contribution in [3.05, 3.63) is 48.6 Å². The fourth-order valence-corrected chi connectivity index (χ4v) is 6.56. The summed E-state index contributed by atoms with van der Waals surface area (Å²) in [7, 11) is 5.52. The van der Waals surface area contributed by atoms with Gasteiger partial charge in [0.25, 0.3) is 0 Å². The number of carbonyl (C=O) groups excluding carboxylic acids is 2. The van der Waals surface area contributed by atoms with Crippen LogP contribution in [-0.2, 0) is 28.6 Å². The second-order valence-corrected chi connectivity index (χ2v) is 16.7. The van der Waals surface area contributed by atoms with E-state index in [1.54, 1.807) is 0 Å². The zero-order valence-electron chi connectivity index (χ0n) is 37.5. The third-order valence-corrected chi connectivity index (χ3v) is 10.2. The third kappa shape index (κ3) is 38.6. The second kappa shape index (κ2) is 40.1. The molecule has 0 saturated heterocycles. The van der Waals surface area contributed by atoms with Gasteiger partial charge in [-0.15, -0.1) is 0 Å². The Labute approximate surface area is 350 Å². The van der Waals surface area contributed by atoms with E-state index in [1.807, 2.05) is 21.1 Å². The molecule has 8 nitrogen and oxygen atoms in total. The van der Waals surface area contributed by atoms with E-state index in [-0.39, 0.29) is 36.2 Å². The average molecular weight is 803 g/mol. The van der Waals surface area contributed by atoms with Gasteiger partial charge in [0.1, 0.15) is 6.61 Å². The number of carboxylic acids is 1. The molecule has 0 fully saturated rings. The Morgan fingerprint density at radius 1 is 0.526 bits per heavy atom. The molecule has 0 aromatic rings. The summed E-state index contributed by atoms with van der Waals surface area (Å²) in [5.74, 6) is -1.49. The number of likely N-dealkylation sites (N-methyl/N-ethyl adjacent to an activating group) is 1. The first-order valence-corrected chi connectivity index (χ1v) is 23.2. The van der Waals surface area contributed by atoms with Gasteiger partial charge in [0.05, 0.1) is 34.4 Å². The molecule has 330 valence electrons. The van der Waals surface area contributed by atoms with Gasteiger partial charge < -0.3 is 23.8 Å². The minimum Gasteiger partial charge on any atom is -0.477 e. The summed E-state index contributed by atoms with van der Waals surface area (Å²) >= 11 is 0. The van der Waals surface area contributed by atoms with E-state index in [1.165, 1.54) is 83.5 Å². The fraction of sp³-hybridized carbons (Fsp3) is 0.776. The number of rotatable bonds is 41. The second-order valence-electron chi connectivity index (χ2n) is 16.7. The maximum absolute atomic E-state index is 12.7. The largest absolute Gasteiger partial charge is 0.477 e. The monoisotopic (exact) mass is 803 g/mol. The SMILES string of the molecule is CCCCC/C=C\C/C=C\CCCCCCCC(=O)OCC(COCCC(C(=O)O)[N+](C)(C)C)OC(=O)CCCCCCCCC/C=C\C/C=C\CCCCCC. The van der Waals surface area contributed by atoms with Crippen LogP contribution >= 0.6 is 0 Å². The van der Waals surface area contributed by atoms with Crippen LogP contribution in [0, 0.1) is 0 Å². The number of hydrogen-bond donors (Lipinski definition) is 1. The number of aliphatic carboxylic acids is 1. The van der Waals surface area contributed by atoms with Crippen molar-refractivity contribution in [2.75, 3.05) is 41.0 Å². The van der Waals surface area contributed by atoms with Gasteiger partial charge in [-0.2, -0.15) is 0 Å². The van der Waals surface area contributed by atoms with Gasteiger partial charge in [0.15, 0.2) is 12.1 Å². The predicted octanol–water partition coefficient (Wildman–Crippen LogP) is 12.8. The number of allylic oxidation sites excluding steroid dienone is 8. The summed E-state index contributed by atoms with van der Waals surface area (Å²) in [6.07, 6.45) is 47.2. The van der Waals surface area contributed by atoms with E-state index in [0.29, 0.717) is 19.3 Å². The quantitative estimate of drug-likeness (QED) is 0.0284. The lowest BCUT2D eigenvalue weighted by Gasteiger charge is -2.31. The van der Waals surface area contributed by atoms with E-state index in [2.05, 4.69) is 62.5 Å². The number of carbonyl (C=O) groups is 3. The molecule has 0 bridgehead atoms. The van der Waals surface area contributed by atoms with Crippen molar-refractivity contribution in [1.29, 1.82) is 0 Å². The molecule has 0 spiro atoms. The highest BCUT2D eigenvalue weighted by atomic mass is 16.6. The first-order chi connectivity index (χ1) is 27.6. The summed E-state index contributed by atoms with van der Waals surface area (Å²) < 4.78 is 17.3. The lowest BCUT2D eigenvalue weighted by molar-refractivity contribution is -0.887. The highest BCUT2D eigenvalue weighted by Gasteiger charge is 2.31. The van der Waals surface area contributed by atoms with Crippen molar-refractivity contribution in [2.24, 2.45) is 0 Å². The standard InChI is InChI=1S/C49H87NO7/c1-6-8-10-12-14-16-18-20-22-23-24-26-28-30-32-34-36-38-40-48(52)57-45(43-55-42-41-46(49(53)54)50(3,4)5)44-56-47(51)39-37-35-33-31-29-27-25-21-19-17-15-13-11-9-7-2/h15-18,21-23,25,45-46H,6-14,19-20,24,26-44H2,1-5H3/p+1/b17-15-,18-16-,23-22-,25-21-. The Hall–Kier alpha value is -2.71. The lowest BCUT2D eigenvalue weighted by atomic mass is 10.1.